The summed E-state index contributed by atoms with van der Waals surface area (Å²) in [4.78, 5) is 9.10. The fraction of sp³-hybridized carbons (Fsp3) is 0.500. The van der Waals surface area contributed by atoms with Crippen molar-refractivity contribution in [2.24, 2.45) is 0 Å². The lowest BCUT2D eigenvalue weighted by Gasteiger charge is -2.40. The maximum absolute atomic E-state index is 14.5. The van der Waals surface area contributed by atoms with Gasteiger partial charge >= 0.3 is 0 Å². The number of aryl methyl sites for hydroxylation is 1. The molecule has 9 heteroatoms. The van der Waals surface area contributed by atoms with Crippen molar-refractivity contribution >= 4 is 5.82 Å². The van der Waals surface area contributed by atoms with Gasteiger partial charge in [0.05, 0.1) is 30.0 Å². The minimum atomic E-state index is -2.88. The summed E-state index contributed by atoms with van der Waals surface area (Å²) in [7, 11) is 0. The molecule has 2 aliphatic rings. The summed E-state index contributed by atoms with van der Waals surface area (Å²) in [5.41, 5.74) is 1.69. The van der Waals surface area contributed by atoms with Crippen LogP contribution in [0.2, 0.25) is 0 Å². The second kappa shape index (κ2) is 9.69. The molecule has 0 amide bonds. The largest absolute Gasteiger partial charge is 0.383 e. The van der Waals surface area contributed by atoms with Crippen molar-refractivity contribution in [3.63, 3.8) is 0 Å². The van der Waals surface area contributed by atoms with Crippen LogP contribution >= 0.6 is 0 Å². The number of hydrogen-bond donors (Lipinski definition) is 2. The highest BCUT2D eigenvalue weighted by Crippen LogP contribution is 2.35. The summed E-state index contributed by atoms with van der Waals surface area (Å²) in [5, 5.41) is 6.59. The first kappa shape index (κ1) is 23.5. The van der Waals surface area contributed by atoms with Crippen LogP contribution in [0.25, 0.3) is 0 Å². The Hall–Kier alpha value is -2.65. The van der Waals surface area contributed by atoms with Crippen LogP contribution in [0.5, 0.6) is 0 Å². The molecule has 0 spiro atoms. The molecule has 2 N–H and O–H groups in total. The monoisotopic (exact) mass is 462 g/mol. The molecule has 0 atom stereocenters. The second-order valence-corrected chi connectivity index (χ2v) is 8.85. The summed E-state index contributed by atoms with van der Waals surface area (Å²) < 4.78 is 52.2. The van der Waals surface area contributed by atoms with Gasteiger partial charge in [-0.15, -0.1) is 0 Å². The Kier molecular flexibility index (Phi) is 6.90. The molecule has 1 saturated carbocycles. The van der Waals surface area contributed by atoms with Gasteiger partial charge in [0.2, 0.25) is 0 Å². The van der Waals surface area contributed by atoms with E-state index in [2.05, 4.69) is 34.1 Å². The second-order valence-electron chi connectivity index (χ2n) is 8.85. The summed E-state index contributed by atoms with van der Waals surface area (Å²) in [6, 6.07) is 3.97. The van der Waals surface area contributed by atoms with E-state index >= 15 is 0 Å². The first-order chi connectivity index (χ1) is 15.8. The van der Waals surface area contributed by atoms with Crippen molar-refractivity contribution < 1.29 is 22.6 Å². The highest BCUT2D eigenvalue weighted by Gasteiger charge is 2.33. The predicted molar refractivity (Wildman–Crippen MR) is 118 cm³/mol. The standard InChI is InChI=1S/C24H29F3N4O2/c1-14(31-24(3)8-5-9-24)12-18-19(23-32-10-11-33-23)22(30-15(2)29-18)28-13-16-6-4-7-17(20(16)25)21(26)27/h4,6-7,21,23,31H,1,5,8-13H2,2-3H3,(H,28,29,30). The zero-order chi connectivity index (χ0) is 23.6. The molecular formula is C24H29F3N4O2. The highest BCUT2D eigenvalue weighted by molar-refractivity contribution is 5.49. The summed E-state index contributed by atoms with van der Waals surface area (Å²) in [6.07, 6.45) is 0.258. The number of ether oxygens (including phenoxy) is 2. The van der Waals surface area contributed by atoms with Gasteiger partial charge in [0.15, 0.2) is 6.29 Å². The van der Waals surface area contributed by atoms with Crippen LogP contribution in [0.3, 0.4) is 0 Å². The molecule has 0 radical (unpaired) electrons. The topological polar surface area (TPSA) is 68.3 Å². The van der Waals surface area contributed by atoms with Crippen molar-refractivity contribution in [3.05, 3.63) is 64.5 Å². The molecule has 0 unspecified atom stereocenters. The Morgan fingerprint density at radius 2 is 1.97 bits per heavy atom. The van der Waals surface area contributed by atoms with Gasteiger partial charge in [0.25, 0.3) is 6.43 Å². The van der Waals surface area contributed by atoms with Crippen molar-refractivity contribution in [1.82, 2.24) is 15.3 Å². The number of halogens is 3. The SMILES string of the molecule is C=C(Cc1nc(C)nc(NCc2cccc(C(F)F)c2F)c1C1OCCO1)NC1(C)CCC1. The van der Waals surface area contributed by atoms with Gasteiger partial charge in [0, 0.05) is 29.8 Å². The van der Waals surface area contributed by atoms with Crippen LogP contribution in [0, 0.1) is 12.7 Å². The van der Waals surface area contributed by atoms with Gasteiger partial charge in [-0.1, -0.05) is 24.8 Å². The number of alkyl halides is 2. The average Bonchev–Trinajstić information content (AvgIpc) is 3.25. The number of aromatic nitrogens is 2. The molecular weight excluding hydrogens is 433 g/mol. The van der Waals surface area contributed by atoms with Crippen LogP contribution in [0.15, 0.2) is 30.5 Å². The molecule has 33 heavy (non-hydrogen) atoms. The van der Waals surface area contributed by atoms with E-state index in [0.717, 1.165) is 24.6 Å². The minimum absolute atomic E-state index is 0.0285. The van der Waals surface area contributed by atoms with Gasteiger partial charge in [-0.2, -0.15) is 0 Å². The Balaban J connectivity index is 1.60. The van der Waals surface area contributed by atoms with Crippen LogP contribution in [0.1, 0.15) is 67.1 Å². The third-order valence-corrected chi connectivity index (χ3v) is 6.10. The Morgan fingerprint density at radius 3 is 2.61 bits per heavy atom. The fourth-order valence-electron chi connectivity index (χ4n) is 4.27. The summed E-state index contributed by atoms with van der Waals surface area (Å²) in [5.74, 6) is 0.0137. The molecule has 2 aromatic rings. The smallest absolute Gasteiger partial charge is 0.266 e. The number of allylic oxidation sites excluding steroid dienone is 1. The van der Waals surface area contributed by atoms with Crippen molar-refractivity contribution in [1.29, 1.82) is 0 Å². The third kappa shape index (κ3) is 5.30. The van der Waals surface area contributed by atoms with Gasteiger partial charge in [-0.05, 0) is 33.1 Å². The lowest BCUT2D eigenvalue weighted by molar-refractivity contribution is -0.0446. The maximum Gasteiger partial charge on any atom is 0.266 e. The zero-order valence-corrected chi connectivity index (χ0v) is 18.9. The average molecular weight is 463 g/mol. The number of nitrogens with one attached hydrogen (secondary N) is 2. The van der Waals surface area contributed by atoms with E-state index in [1.165, 1.54) is 18.6 Å². The Bertz CT molecular complexity index is 1020. The highest BCUT2D eigenvalue weighted by atomic mass is 19.3. The van der Waals surface area contributed by atoms with E-state index in [0.29, 0.717) is 42.5 Å². The van der Waals surface area contributed by atoms with Gasteiger partial charge < -0.3 is 20.1 Å². The molecule has 1 aliphatic heterocycles. The number of anilines is 1. The summed E-state index contributed by atoms with van der Waals surface area (Å²) >= 11 is 0. The quantitative estimate of drug-likeness (QED) is 0.540. The van der Waals surface area contributed by atoms with E-state index < -0.39 is 24.1 Å². The molecule has 1 aromatic heterocycles. The third-order valence-electron chi connectivity index (χ3n) is 6.10. The van der Waals surface area contributed by atoms with E-state index in [9.17, 15) is 13.2 Å². The zero-order valence-electron chi connectivity index (χ0n) is 18.9. The lowest BCUT2D eigenvalue weighted by Crippen LogP contribution is -2.47. The Labute approximate surface area is 191 Å². The minimum Gasteiger partial charge on any atom is -0.383 e. The Morgan fingerprint density at radius 1 is 1.24 bits per heavy atom. The number of nitrogens with zero attached hydrogens (tertiary/aromatic N) is 2. The molecule has 0 bridgehead atoms. The van der Waals surface area contributed by atoms with E-state index in [-0.39, 0.29) is 17.6 Å². The number of rotatable bonds is 9. The normalized spacial score (nSPS) is 17.8. The maximum atomic E-state index is 14.5. The fourth-order valence-corrected chi connectivity index (χ4v) is 4.27. The molecule has 178 valence electrons. The summed E-state index contributed by atoms with van der Waals surface area (Å²) in [6.45, 7) is 8.95. The number of hydrogen-bond acceptors (Lipinski definition) is 6. The van der Waals surface area contributed by atoms with Crippen LogP contribution in [-0.2, 0) is 22.4 Å². The van der Waals surface area contributed by atoms with Crippen molar-refractivity contribution in [2.75, 3.05) is 18.5 Å². The van der Waals surface area contributed by atoms with E-state index in [4.69, 9.17) is 9.47 Å². The lowest BCUT2D eigenvalue weighted by atomic mass is 9.78. The first-order valence-corrected chi connectivity index (χ1v) is 11.1. The molecule has 1 aromatic carbocycles. The van der Waals surface area contributed by atoms with Crippen LogP contribution < -0.4 is 10.6 Å². The molecule has 1 aliphatic carbocycles. The van der Waals surface area contributed by atoms with Gasteiger partial charge in [0.1, 0.15) is 17.5 Å². The van der Waals surface area contributed by atoms with E-state index in [1.807, 2.05) is 0 Å². The van der Waals surface area contributed by atoms with E-state index in [1.54, 1.807) is 6.92 Å². The van der Waals surface area contributed by atoms with Crippen molar-refractivity contribution in [3.8, 4) is 0 Å². The first-order valence-electron chi connectivity index (χ1n) is 11.1. The molecule has 6 nitrogen and oxygen atoms in total. The van der Waals surface area contributed by atoms with Crippen LogP contribution in [0.4, 0.5) is 19.0 Å². The van der Waals surface area contributed by atoms with Gasteiger partial charge in [-0.25, -0.2) is 23.1 Å². The van der Waals surface area contributed by atoms with Gasteiger partial charge in [-0.3, -0.25) is 0 Å². The predicted octanol–water partition coefficient (Wildman–Crippen LogP) is 5.11. The molecule has 2 heterocycles. The van der Waals surface area contributed by atoms with Crippen molar-refractivity contribution in [2.45, 2.75) is 64.3 Å². The molecule has 1 saturated heterocycles. The molecule has 4 rings (SSSR count). The molecule has 2 fully saturated rings. The number of benzene rings is 1. The van der Waals surface area contributed by atoms with Crippen LogP contribution in [-0.4, -0.2) is 28.7 Å².